The second-order valence-electron chi connectivity index (χ2n) is 10.3. The Morgan fingerprint density at radius 1 is 1.07 bits per heavy atom. The maximum absolute atomic E-state index is 13.7. The molecule has 15 heteroatoms. The quantitative estimate of drug-likeness (QED) is 0.251. The molecule has 0 spiro atoms. The number of halogens is 1. The fraction of sp³-hybridized carbons (Fsp3) is 0.321. The van der Waals surface area contributed by atoms with Crippen molar-refractivity contribution in [3.8, 4) is 11.3 Å². The molecule has 5 heterocycles. The highest BCUT2D eigenvalue weighted by molar-refractivity contribution is 7.89. The lowest BCUT2D eigenvalue weighted by Crippen LogP contribution is -2.58. The molecule has 224 valence electrons. The predicted molar refractivity (Wildman–Crippen MR) is 155 cm³/mol. The Labute approximate surface area is 252 Å². The monoisotopic (exact) mass is 625 g/mol. The van der Waals surface area contributed by atoms with E-state index in [0.29, 0.717) is 58.2 Å². The zero-order chi connectivity index (χ0) is 30.1. The molecule has 1 unspecified atom stereocenters. The maximum atomic E-state index is 13.7. The van der Waals surface area contributed by atoms with Crippen molar-refractivity contribution in [1.82, 2.24) is 29.1 Å². The Kier molecular flexibility index (Phi) is 8.01. The molecule has 0 radical (unpaired) electrons. The number of fused-ring (bicyclic) bond motifs is 1. The van der Waals surface area contributed by atoms with Gasteiger partial charge in [-0.15, -0.1) is 0 Å². The van der Waals surface area contributed by atoms with Crippen LogP contribution in [0.15, 0.2) is 66.1 Å². The molecule has 1 aromatic carbocycles. The summed E-state index contributed by atoms with van der Waals surface area (Å²) in [6.45, 7) is 1.59. The van der Waals surface area contributed by atoms with E-state index in [1.54, 1.807) is 41.3 Å². The topological polar surface area (TPSA) is 156 Å². The molecule has 3 aromatic heterocycles. The summed E-state index contributed by atoms with van der Waals surface area (Å²) in [6.07, 6.45) is 4.04. The van der Waals surface area contributed by atoms with Gasteiger partial charge in [0.2, 0.25) is 17.4 Å². The highest BCUT2D eigenvalue weighted by atomic mass is 35.5. The zero-order valence-corrected chi connectivity index (χ0v) is 24.5. The Hall–Kier alpha value is -4.11. The van der Waals surface area contributed by atoms with Crippen molar-refractivity contribution in [3.63, 3.8) is 0 Å². The summed E-state index contributed by atoms with van der Waals surface area (Å²) in [5.41, 5.74) is 1.38. The fourth-order valence-electron chi connectivity index (χ4n) is 5.34. The number of carbonyl (C=O) groups is 2. The number of morpholine rings is 1. The number of rotatable bonds is 6. The Balaban J connectivity index is 1.26. The first kappa shape index (κ1) is 29.0. The second kappa shape index (κ2) is 11.9. The van der Waals surface area contributed by atoms with Gasteiger partial charge in [0, 0.05) is 79.6 Å². The summed E-state index contributed by atoms with van der Waals surface area (Å²) >= 11 is 6.09. The Bertz CT molecular complexity index is 1780. The lowest BCUT2D eigenvalue weighted by atomic mass is 10.1. The van der Waals surface area contributed by atoms with E-state index in [2.05, 4.69) is 15.0 Å². The van der Waals surface area contributed by atoms with Crippen LogP contribution in [-0.4, -0.2) is 101 Å². The van der Waals surface area contributed by atoms with Gasteiger partial charge in [0.25, 0.3) is 15.9 Å². The van der Waals surface area contributed by atoms with Gasteiger partial charge in [0.15, 0.2) is 6.20 Å². The number of aromatic amines is 1. The number of hydrogen-bond acceptors (Lipinski definition) is 8. The average Bonchev–Trinajstić information content (AvgIpc) is 3.46. The van der Waals surface area contributed by atoms with Crippen LogP contribution in [-0.2, 0) is 19.6 Å². The minimum Gasteiger partial charge on any atom is -0.618 e. The van der Waals surface area contributed by atoms with Crippen molar-refractivity contribution in [2.24, 2.45) is 0 Å². The highest BCUT2D eigenvalue weighted by Gasteiger charge is 2.39. The smallest absolute Gasteiger partial charge is 0.292 e. The summed E-state index contributed by atoms with van der Waals surface area (Å²) in [4.78, 5) is 41.4. The molecular formula is C28H28ClN7O6S. The first-order valence-corrected chi connectivity index (χ1v) is 15.5. The van der Waals surface area contributed by atoms with Gasteiger partial charge in [-0.25, -0.2) is 18.4 Å². The van der Waals surface area contributed by atoms with Crippen molar-refractivity contribution in [2.75, 3.05) is 45.9 Å². The number of benzene rings is 1. The number of pyridine rings is 1. The third kappa shape index (κ3) is 5.91. The van der Waals surface area contributed by atoms with Crippen LogP contribution in [0.2, 0.25) is 5.02 Å². The van der Waals surface area contributed by atoms with Crippen molar-refractivity contribution >= 4 is 44.3 Å². The van der Waals surface area contributed by atoms with E-state index < -0.39 is 22.0 Å². The number of sulfonamides is 1. The first-order chi connectivity index (χ1) is 20.7. The molecule has 2 aliphatic rings. The lowest BCUT2D eigenvalue weighted by Gasteiger charge is -2.41. The molecular weight excluding hydrogens is 598 g/mol. The second-order valence-corrected chi connectivity index (χ2v) is 12.6. The summed E-state index contributed by atoms with van der Waals surface area (Å²) in [5, 5.41) is 13.3. The van der Waals surface area contributed by atoms with Crippen LogP contribution in [0.1, 0.15) is 17.0 Å². The molecule has 6 rings (SSSR count). The van der Waals surface area contributed by atoms with E-state index in [1.165, 1.54) is 33.9 Å². The van der Waals surface area contributed by atoms with E-state index in [-0.39, 0.29) is 42.8 Å². The number of amides is 2. The van der Waals surface area contributed by atoms with Gasteiger partial charge in [-0.2, -0.15) is 9.04 Å². The molecule has 1 N–H and O–H groups in total. The molecule has 2 fully saturated rings. The standard InChI is InChI=1S/C28H28ClN7O6S/c29-21-4-5-23-19(13-21)14-25(32-23)43(40,41)34-7-8-35(22(18-34)15-26(37)33-9-11-42-12-10-33)28(38)27-30-16-20(17-31-27)24-3-1-2-6-36(24)39/h1-6,13-14,16-17,22,32H,7-12,15,18H2. The maximum Gasteiger partial charge on any atom is 0.292 e. The molecule has 43 heavy (non-hydrogen) atoms. The molecule has 13 nitrogen and oxygen atoms in total. The van der Waals surface area contributed by atoms with Gasteiger partial charge in [-0.1, -0.05) is 11.6 Å². The Morgan fingerprint density at radius 3 is 2.58 bits per heavy atom. The number of aromatic nitrogens is 4. The molecule has 2 amide bonds. The van der Waals surface area contributed by atoms with Gasteiger partial charge in [-0.3, -0.25) is 9.59 Å². The zero-order valence-electron chi connectivity index (χ0n) is 22.9. The lowest BCUT2D eigenvalue weighted by molar-refractivity contribution is -0.593. The molecule has 0 saturated carbocycles. The van der Waals surface area contributed by atoms with Gasteiger partial charge in [0.05, 0.1) is 24.8 Å². The van der Waals surface area contributed by atoms with E-state index in [1.807, 2.05) is 0 Å². The molecule has 0 aliphatic carbocycles. The van der Waals surface area contributed by atoms with Crippen molar-refractivity contribution in [2.45, 2.75) is 17.5 Å². The molecule has 2 aliphatic heterocycles. The molecule has 0 bridgehead atoms. The number of hydrogen-bond donors (Lipinski definition) is 1. The summed E-state index contributed by atoms with van der Waals surface area (Å²) in [7, 11) is -4.00. The average molecular weight is 626 g/mol. The number of nitrogens with one attached hydrogen (secondary N) is 1. The van der Waals surface area contributed by atoms with Crippen LogP contribution < -0.4 is 4.73 Å². The SMILES string of the molecule is O=C(CC1CN(S(=O)(=O)c2cc3cc(Cl)ccc3[nH]2)CCN1C(=O)c1ncc(-c2cccc[n+]2[O-])cn1)N1CCOCC1. The normalized spacial score (nSPS) is 18.2. The van der Waals surface area contributed by atoms with Crippen LogP contribution in [0.4, 0.5) is 0 Å². The summed E-state index contributed by atoms with van der Waals surface area (Å²) in [6, 6.07) is 10.7. The third-order valence-corrected chi connectivity index (χ3v) is 9.64. The van der Waals surface area contributed by atoms with E-state index in [9.17, 15) is 23.2 Å². The largest absolute Gasteiger partial charge is 0.618 e. The van der Waals surface area contributed by atoms with Crippen LogP contribution in [0, 0.1) is 5.21 Å². The highest BCUT2D eigenvalue weighted by Crippen LogP contribution is 2.27. The Morgan fingerprint density at radius 2 is 1.84 bits per heavy atom. The van der Waals surface area contributed by atoms with Crippen LogP contribution in [0.25, 0.3) is 22.2 Å². The van der Waals surface area contributed by atoms with Gasteiger partial charge < -0.3 is 24.7 Å². The fourth-order valence-corrected chi connectivity index (χ4v) is 7.00. The minimum atomic E-state index is -4.00. The van der Waals surface area contributed by atoms with Crippen molar-refractivity contribution in [3.05, 3.63) is 77.1 Å². The van der Waals surface area contributed by atoms with Crippen LogP contribution in [0.5, 0.6) is 0 Å². The molecule has 2 saturated heterocycles. The van der Waals surface area contributed by atoms with Gasteiger partial charge in [-0.05, 0) is 30.3 Å². The summed E-state index contributed by atoms with van der Waals surface area (Å²) in [5.74, 6) is -0.859. The van der Waals surface area contributed by atoms with Gasteiger partial charge >= 0.3 is 0 Å². The van der Waals surface area contributed by atoms with Crippen LogP contribution in [0.3, 0.4) is 0 Å². The van der Waals surface area contributed by atoms with E-state index in [4.69, 9.17) is 16.3 Å². The van der Waals surface area contributed by atoms with E-state index in [0.717, 1.165) is 0 Å². The summed E-state index contributed by atoms with van der Waals surface area (Å²) < 4.78 is 34.7. The number of ether oxygens (including phenoxy) is 1. The van der Waals surface area contributed by atoms with E-state index >= 15 is 0 Å². The third-order valence-electron chi connectivity index (χ3n) is 7.62. The number of carbonyl (C=O) groups excluding carboxylic acids is 2. The number of nitrogens with zero attached hydrogens (tertiary/aromatic N) is 6. The predicted octanol–water partition coefficient (Wildman–Crippen LogP) is 1.68. The van der Waals surface area contributed by atoms with Gasteiger partial charge in [0.1, 0.15) is 5.03 Å². The first-order valence-electron chi connectivity index (χ1n) is 13.7. The van der Waals surface area contributed by atoms with Crippen molar-refractivity contribution < 1.29 is 27.5 Å². The van der Waals surface area contributed by atoms with Crippen LogP contribution >= 0.6 is 11.6 Å². The number of H-pyrrole nitrogens is 1. The van der Waals surface area contributed by atoms with Crippen molar-refractivity contribution in [1.29, 1.82) is 0 Å². The molecule has 4 aromatic rings. The number of piperazine rings is 1. The molecule has 1 atom stereocenters. The minimum absolute atomic E-state index is 0.00162.